The minimum atomic E-state index is 0.632. The van der Waals surface area contributed by atoms with Crippen molar-refractivity contribution in [3.05, 3.63) is 34.5 Å². The molecule has 0 unspecified atom stereocenters. The predicted octanol–water partition coefficient (Wildman–Crippen LogP) is 2.96. The molecule has 1 aromatic heterocycles. The summed E-state index contributed by atoms with van der Waals surface area (Å²) >= 11 is 1.98. The predicted molar refractivity (Wildman–Crippen MR) is 96.7 cm³/mol. The number of aliphatic imine (C=N–C) groups is 1. The molecule has 1 fully saturated rings. The van der Waals surface area contributed by atoms with Crippen molar-refractivity contribution in [2.45, 2.75) is 27.3 Å². The lowest BCUT2D eigenvalue weighted by Gasteiger charge is -2.27. The van der Waals surface area contributed by atoms with Crippen LogP contribution in [-0.2, 0) is 6.54 Å². The zero-order chi connectivity index (χ0) is 15.7. The molecule has 4 nitrogen and oxygen atoms in total. The van der Waals surface area contributed by atoms with Crippen LogP contribution in [0.15, 0.2) is 17.1 Å². The highest BCUT2D eigenvalue weighted by molar-refractivity contribution is 7.99. The monoisotopic (exact) mass is 316 g/mol. The highest BCUT2D eigenvalue weighted by Gasteiger charge is 2.13. The van der Waals surface area contributed by atoms with Crippen molar-refractivity contribution in [1.82, 2.24) is 9.88 Å². The first-order chi connectivity index (χ1) is 10.6. The number of aromatic amines is 1. The Kier molecular flexibility index (Phi) is 4.34. The molecule has 2 aromatic rings. The molecule has 22 heavy (non-hydrogen) atoms. The van der Waals surface area contributed by atoms with E-state index in [0.717, 1.165) is 24.6 Å². The molecule has 0 radical (unpaired) electrons. The summed E-state index contributed by atoms with van der Waals surface area (Å²) in [6.45, 7) is 9.07. The number of guanidine groups is 1. The third kappa shape index (κ3) is 2.95. The van der Waals surface area contributed by atoms with Crippen LogP contribution in [0.4, 0.5) is 0 Å². The Labute approximate surface area is 136 Å². The summed E-state index contributed by atoms with van der Waals surface area (Å²) in [7, 11) is 0. The van der Waals surface area contributed by atoms with Crippen LogP contribution in [0.1, 0.15) is 22.4 Å². The summed E-state index contributed by atoms with van der Waals surface area (Å²) < 4.78 is 0. The van der Waals surface area contributed by atoms with E-state index in [1.165, 1.54) is 33.3 Å². The molecule has 0 saturated carbocycles. The smallest absolute Gasteiger partial charge is 0.191 e. The molecule has 0 aliphatic carbocycles. The number of aryl methyl sites for hydroxylation is 3. The van der Waals surface area contributed by atoms with E-state index in [1.54, 1.807) is 0 Å². The van der Waals surface area contributed by atoms with Gasteiger partial charge in [0, 0.05) is 35.7 Å². The van der Waals surface area contributed by atoms with E-state index in [1.807, 2.05) is 11.8 Å². The fourth-order valence-corrected chi connectivity index (χ4v) is 3.87. The van der Waals surface area contributed by atoms with Crippen LogP contribution in [-0.4, -0.2) is 40.4 Å². The third-order valence-corrected chi connectivity index (χ3v) is 5.33. The largest absolute Gasteiger partial charge is 0.370 e. The number of thioether (sulfide) groups is 1. The van der Waals surface area contributed by atoms with Crippen LogP contribution < -0.4 is 5.73 Å². The summed E-state index contributed by atoms with van der Waals surface area (Å²) in [5.41, 5.74) is 12.4. The second-order valence-electron chi connectivity index (χ2n) is 6.00. The molecule has 0 amide bonds. The number of nitrogens with one attached hydrogen (secondary N) is 1. The summed E-state index contributed by atoms with van der Waals surface area (Å²) in [6, 6.07) is 4.45. The van der Waals surface area contributed by atoms with E-state index in [0.29, 0.717) is 12.5 Å². The molecule has 1 aromatic carbocycles. The summed E-state index contributed by atoms with van der Waals surface area (Å²) in [4.78, 5) is 10.3. The Morgan fingerprint density at radius 3 is 2.73 bits per heavy atom. The van der Waals surface area contributed by atoms with Crippen LogP contribution in [0, 0.1) is 20.8 Å². The van der Waals surface area contributed by atoms with Crippen molar-refractivity contribution in [2.24, 2.45) is 10.7 Å². The van der Waals surface area contributed by atoms with Crippen LogP contribution in [0.25, 0.3) is 10.9 Å². The lowest BCUT2D eigenvalue weighted by molar-refractivity contribution is 0.455. The van der Waals surface area contributed by atoms with E-state index in [4.69, 9.17) is 5.73 Å². The Hall–Kier alpha value is -1.62. The van der Waals surface area contributed by atoms with Gasteiger partial charge in [-0.25, -0.2) is 4.99 Å². The number of nitrogens with zero attached hydrogens (tertiary/aromatic N) is 2. The first kappa shape index (κ1) is 15.3. The number of hydrogen-bond donors (Lipinski definition) is 2. The molecule has 1 aliphatic rings. The van der Waals surface area contributed by atoms with Gasteiger partial charge in [0.2, 0.25) is 0 Å². The van der Waals surface area contributed by atoms with Gasteiger partial charge in [0.1, 0.15) is 0 Å². The van der Waals surface area contributed by atoms with Gasteiger partial charge in [0.15, 0.2) is 5.96 Å². The second kappa shape index (κ2) is 6.24. The lowest BCUT2D eigenvalue weighted by atomic mass is 10.0. The molecule has 0 spiro atoms. The number of fused-ring (bicyclic) bond motifs is 1. The average Bonchev–Trinajstić information content (AvgIpc) is 2.81. The van der Waals surface area contributed by atoms with Crippen LogP contribution >= 0.6 is 11.8 Å². The Morgan fingerprint density at radius 2 is 2.00 bits per heavy atom. The number of benzene rings is 1. The number of nitrogens with two attached hydrogens (primary N) is 1. The summed E-state index contributed by atoms with van der Waals surface area (Å²) in [5.74, 6) is 2.95. The van der Waals surface area contributed by atoms with Crippen LogP contribution in [0.3, 0.4) is 0 Å². The average molecular weight is 316 g/mol. The normalized spacial score (nSPS) is 16.5. The SMILES string of the molecule is Cc1cc(CN=C(N)N2CCSCC2)c2[nH]c(C)c(C)c2c1. The van der Waals surface area contributed by atoms with Gasteiger partial charge in [-0.05, 0) is 38.0 Å². The molecule has 0 atom stereocenters. The Bertz CT molecular complexity index is 711. The zero-order valence-corrected chi connectivity index (χ0v) is 14.4. The minimum absolute atomic E-state index is 0.632. The van der Waals surface area contributed by atoms with E-state index in [2.05, 4.69) is 47.8 Å². The van der Waals surface area contributed by atoms with Crippen LogP contribution in [0.2, 0.25) is 0 Å². The highest BCUT2D eigenvalue weighted by Crippen LogP contribution is 2.26. The van der Waals surface area contributed by atoms with Crippen molar-refractivity contribution >= 4 is 28.6 Å². The van der Waals surface area contributed by atoms with E-state index >= 15 is 0 Å². The quantitative estimate of drug-likeness (QED) is 0.661. The van der Waals surface area contributed by atoms with Crippen molar-refractivity contribution in [3.8, 4) is 0 Å². The maximum atomic E-state index is 6.17. The van der Waals surface area contributed by atoms with E-state index in [-0.39, 0.29) is 0 Å². The summed E-state index contributed by atoms with van der Waals surface area (Å²) in [6.07, 6.45) is 0. The molecule has 1 aliphatic heterocycles. The van der Waals surface area contributed by atoms with Gasteiger partial charge in [-0.2, -0.15) is 11.8 Å². The highest BCUT2D eigenvalue weighted by atomic mass is 32.2. The molecule has 3 rings (SSSR count). The molecule has 5 heteroatoms. The van der Waals surface area contributed by atoms with Gasteiger partial charge in [-0.3, -0.25) is 0 Å². The molecular formula is C17H24N4S. The topological polar surface area (TPSA) is 57.4 Å². The van der Waals surface area contributed by atoms with E-state index in [9.17, 15) is 0 Å². The minimum Gasteiger partial charge on any atom is -0.370 e. The van der Waals surface area contributed by atoms with Crippen molar-refractivity contribution in [3.63, 3.8) is 0 Å². The fraction of sp³-hybridized carbons (Fsp3) is 0.471. The Morgan fingerprint density at radius 1 is 1.27 bits per heavy atom. The van der Waals surface area contributed by atoms with E-state index < -0.39 is 0 Å². The first-order valence-corrected chi connectivity index (χ1v) is 8.92. The molecule has 2 heterocycles. The van der Waals surface area contributed by atoms with Gasteiger partial charge in [0.25, 0.3) is 0 Å². The fourth-order valence-electron chi connectivity index (χ4n) is 2.97. The molecule has 3 N–H and O–H groups in total. The first-order valence-electron chi connectivity index (χ1n) is 7.77. The number of rotatable bonds is 2. The van der Waals surface area contributed by atoms with Crippen LogP contribution in [0.5, 0.6) is 0 Å². The zero-order valence-electron chi connectivity index (χ0n) is 13.6. The van der Waals surface area contributed by atoms with Crippen molar-refractivity contribution in [2.75, 3.05) is 24.6 Å². The lowest BCUT2D eigenvalue weighted by Crippen LogP contribution is -2.42. The Balaban J connectivity index is 1.88. The van der Waals surface area contributed by atoms with Gasteiger partial charge >= 0.3 is 0 Å². The van der Waals surface area contributed by atoms with Crippen molar-refractivity contribution < 1.29 is 0 Å². The van der Waals surface area contributed by atoms with Gasteiger partial charge < -0.3 is 15.6 Å². The molecule has 0 bridgehead atoms. The number of hydrogen-bond acceptors (Lipinski definition) is 2. The molecular weight excluding hydrogens is 292 g/mol. The molecule has 1 saturated heterocycles. The van der Waals surface area contributed by atoms with Crippen molar-refractivity contribution in [1.29, 1.82) is 0 Å². The second-order valence-corrected chi connectivity index (χ2v) is 7.22. The molecule has 118 valence electrons. The third-order valence-electron chi connectivity index (χ3n) is 4.39. The maximum absolute atomic E-state index is 6.17. The van der Waals surface area contributed by atoms with Gasteiger partial charge in [-0.15, -0.1) is 0 Å². The standard InChI is InChI=1S/C17H24N4S/c1-11-8-14(16-15(9-11)12(2)13(3)20-16)10-19-17(18)21-4-6-22-7-5-21/h8-9,20H,4-7,10H2,1-3H3,(H2,18,19). The number of H-pyrrole nitrogens is 1. The maximum Gasteiger partial charge on any atom is 0.191 e. The number of aromatic nitrogens is 1. The van der Waals surface area contributed by atoms with Gasteiger partial charge in [-0.1, -0.05) is 11.6 Å². The van der Waals surface area contributed by atoms with Gasteiger partial charge in [0.05, 0.1) is 12.1 Å². The summed E-state index contributed by atoms with van der Waals surface area (Å²) in [5, 5.41) is 1.30.